The van der Waals surface area contributed by atoms with Gasteiger partial charge in [0.05, 0.1) is 9.13 Å². The van der Waals surface area contributed by atoms with Crippen molar-refractivity contribution >= 4 is 36.9 Å². The molecule has 0 atom stereocenters. The zero-order valence-electron chi connectivity index (χ0n) is 11.4. The van der Waals surface area contributed by atoms with Crippen molar-refractivity contribution in [3.63, 3.8) is 0 Å². The molecule has 0 fully saturated rings. The van der Waals surface area contributed by atoms with Crippen molar-refractivity contribution in [2.45, 2.75) is 38.9 Å². The predicted molar refractivity (Wildman–Crippen MR) is 83.9 cm³/mol. The zero-order valence-corrected chi connectivity index (χ0v) is 14.5. The number of rotatable bonds is 3. The van der Waals surface area contributed by atoms with E-state index in [0.29, 0.717) is 5.75 Å². The summed E-state index contributed by atoms with van der Waals surface area (Å²) in [4.78, 5) is 11.0. The molecule has 0 heterocycles. The second kappa shape index (κ2) is 5.20. The first kappa shape index (κ1) is 15.5. The van der Waals surface area contributed by atoms with Crippen LogP contribution < -0.4 is 4.43 Å². The summed E-state index contributed by atoms with van der Waals surface area (Å²) in [5.74, 6) is -0.242. The van der Waals surface area contributed by atoms with Crippen LogP contribution in [0.25, 0.3) is 0 Å². The van der Waals surface area contributed by atoms with Crippen molar-refractivity contribution in [3.8, 4) is 5.75 Å². The summed E-state index contributed by atoms with van der Waals surface area (Å²) < 4.78 is 7.10. The van der Waals surface area contributed by atoms with Gasteiger partial charge >= 0.3 is 5.97 Å². The molecule has 0 amide bonds. The molecule has 1 aromatic rings. The van der Waals surface area contributed by atoms with Crippen molar-refractivity contribution < 1.29 is 14.3 Å². The van der Waals surface area contributed by atoms with Crippen molar-refractivity contribution in [1.29, 1.82) is 0 Å². The average Bonchev–Trinajstić information content (AvgIpc) is 2.18. The van der Waals surface area contributed by atoms with Crippen LogP contribution in [0.5, 0.6) is 5.75 Å². The molecule has 5 heteroatoms. The fourth-order valence-corrected chi connectivity index (χ4v) is 2.82. The summed E-state index contributed by atoms with van der Waals surface area (Å²) in [5.41, 5.74) is 0.268. The Morgan fingerprint density at radius 2 is 1.89 bits per heavy atom. The van der Waals surface area contributed by atoms with Gasteiger partial charge in [0.25, 0.3) is 8.32 Å². The Labute approximate surface area is 123 Å². The fraction of sp³-hybridized carbons (Fsp3) is 0.462. The third-order valence-electron chi connectivity index (χ3n) is 3.35. The van der Waals surface area contributed by atoms with E-state index in [-0.39, 0.29) is 10.6 Å². The van der Waals surface area contributed by atoms with Crippen LogP contribution in [0.1, 0.15) is 31.1 Å². The van der Waals surface area contributed by atoms with E-state index in [9.17, 15) is 4.79 Å². The average molecular weight is 378 g/mol. The van der Waals surface area contributed by atoms with Crippen LogP contribution in [0.15, 0.2) is 18.2 Å². The Bertz CT molecular complexity index is 464. The third-order valence-corrected chi connectivity index (χ3v) is 8.58. The molecule has 0 aromatic heterocycles. The number of carboxylic acids is 1. The second-order valence-electron chi connectivity index (χ2n) is 5.81. The normalized spacial score (nSPS) is 12.3. The number of carboxylic acid groups (broad SMARTS) is 1. The van der Waals surface area contributed by atoms with Crippen LogP contribution in [-0.2, 0) is 0 Å². The van der Waals surface area contributed by atoms with Crippen LogP contribution in [-0.4, -0.2) is 19.4 Å². The highest BCUT2D eigenvalue weighted by atomic mass is 127. The van der Waals surface area contributed by atoms with Gasteiger partial charge in [0.2, 0.25) is 0 Å². The highest BCUT2D eigenvalue weighted by molar-refractivity contribution is 14.1. The Morgan fingerprint density at radius 1 is 1.33 bits per heavy atom. The minimum Gasteiger partial charge on any atom is -0.543 e. The van der Waals surface area contributed by atoms with Crippen LogP contribution in [0.4, 0.5) is 0 Å². The van der Waals surface area contributed by atoms with Gasteiger partial charge in [0, 0.05) is 0 Å². The monoisotopic (exact) mass is 378 g/mol. The molecule has 0 spiro atoms. The van der Waals surface area contributed by atoms with Gasteiger partial charge in [0.15, 0.2) is 0 Å². The van der Waals surface area contributed by atoms with Crippen LogP contribution >= 0.6 is 22.6 Å². The van der Waals surface area contributed by atoms with E-state index in [4.69, 9.17) is 9.53 Å². The van der Waals surface area contributed by atoms with E-state index < -0.39 is 14.3 Å². The molecular weight excluding hydrogens is 359 g/mol. The second-order valence-corrected chi connectivity index (χ2v) is 11.7. The Morgan fingerprint density at radius 3 is 2.33 bits per heavy atom. The first-order valence-corrected chi connectivity index (χ1v) is 9.75. The van der Waals surface area contributed by atoms with E-state index >= 15 is 0 Å². The maximum Gasteiger partial charge on any atom is 0.335 e. The third kappa shape index (κ3) is 3.47. The van der Waals surface area contributed by atoms with E-state index in [2.05, 4.69) is 56.5 Å². The van der Waals surface area contributed by atoms with Gasteiger partial charge in [-0.3, -0.25) is 0 Å². The SMILES string of the molecule is CC(C)(C)[Si](C)(C)Oc1cc(C(=O)O)ccc1I. The highest BCUT2D eigenvalue weighted by Crippen LogP contribution is 2.38. The maximum atomic E-state index is 11.0. The molecule has 1 aromatic carbocycles. The molecule has 0 saturated heterocycles. The van der Waals surface area contributed by atoms with Gasteiger partial charge in [-0.2, -0.15) is 0 Å². The fourth-order valence-electron chi connectivity index (χ4n) is 1.14. The number of carbonyl (C=O) groups is 1. The smallest absolute Gasteiger partial charge is 0.335 e. The number of benzene rings is 1. The molecule has 0 bridgehead atoms. The molecule has 0 aliphatic carbocycles. The molecule has 0 radical (unpaired) electrons. The van der Waals surface area contributed by atoms with Gasteiger partial charge < -0.3 is 9.53 Å². The summed E-state index contributed by atoms with van der Waals surface area (Å²) in [5, 5.41) is 9.10. The number of hydrogen-bond donors (Lipinski definition) is 1. The molecule has 100 valence electrons. The van der Waals surface area contributed by atoms with E-state index in [1.165, 1.54) is 0 Å². The minimum absolute atomic E-state index is 0.0926. The Balaban J connectivity index is 3.11. The molecule has 0 aliphatic heterocycles. The summed E-state index contributed by atoms with van der Waals surface area (Å²) in [7, 11) is -1.93. The number of halogens is 1. The number of hydrogen-bond acceptors (Lipinski definition) is 2. The molecule has 0 aliphatic rings. The van der Waals surface area contributed by atoms with Crippen molar-refractivity contribution in [3.05, 3.63) is 27.3 Å². The minimum atomic E-state index is -1.93. The topological polar surface area (TPSA) is 46.5 Å². The quantitative estimate of drug-likeness (QED) is 0.628. The molecule has 1 N–H and O–H groups in total. The van der Waals surface area contributed by atoms with Gasteiger partial charge in [-0.15, -0.1) is 0 Å². The Kier molecular flexibility index (Phi) is 4.48. The van der Waals surface area contributed by atoms with Crippen molar-refractivity contribution in [2.75, 3.05) is 0 Å². The van der Waals surface area contributed by atoms with Crippen LogP contribution in [0.3, 0.4) is 0 Å². The van der Waals surface area contributed by atoms with Gasteiger partial charge in [0.1, 0.15) is 5.75 Å². The molecular formula is C13H19IO3Si. The molecule has 1 rings (SSSR count). The lowest BCUT2D eigenvalue weighted by atomic mass is 10.2. The predicted octanol–water partition coefficient (Wildman–Crippen LogP) is 4.37. The lowest BCUT2D eigenvalue weighted by Gasteiger charge is -2.36. The molecule has 0 saturated carbocycles. The van der Waals surface area contributed by atoms with Crippen molar-refractivity contribution in [1.82, 2.24) is 0 Å². The highest BCUT2D eigenvalue weighted by Gasteiger charge is 2.39. The number of aromatic carboxylic acids is 1. The summed E-state index contributed by atoms with van der Waals surface area (Å²) in [6, 6.07) is 5.00. The molecule has 3 nitrogen and oxygen atoms in total. The van der Waals surface area contributed by atoms with Gasteiger partial charge in [-0.05, 0) is 58.9 Å². The lowest BCUT2D eigenvalue weighted by Crippen LogP contribution is -2.44. The van der Waals surface area contributed by atoms with Crippen LogP contribution in [0.2, 0.25) is 18.1 Å². The van der Waals surface area contributed by atoms with E-state index in [0.717, 1.165) is 3.57 Å². The maximum absolute atomic E-state index is 11.0. The first-order chi connectivity index (χ1) is 8.04. The molecule has 0 unspecified atom stereocenters. The largest absolute Gasteiger partial charge is 0.543 e. The standard InChI is InChI=1S/C13H19IO3Si/c1-13(2,3)18(4,5)17-11-8-9(12(15)16)6-7-10(11)14/h6-8H,1-5H3,(H,15,16). The summed E-state index contributed by atoms with van der Waals surface area (Å²) in [6.45, 7) is 10.8. The summed E-state index contributed by atoms with van der Waals surface area (Å²) in [6.07, 6.45) is 0. The zero-order chi connectivity index (χ0) is 14.1. The van der Waals surface area contributed by atoms with Crippen LogP contribution in [0, 0.1) is 3.57 Å². The first-order valence-electron chi connectivity index (χ1n) is 5.76. The lowest BCUT2D eigenvalue weighted by molar-refractivity contribution is 0.0696. The molecule has 18 heavy (non-hydrogen) atoms. The van der Waals surface area contributed by atoms with E-state index in [1.54, 1.807) is 18.2 Å². The summed E-state index contributed by atoms with van der Waals surface area (Å²) >= 11 is 2.17. The van der Waals surface area contributed by atoms with Gasteiger partial charge in [-0.25, -0.2) is 4.79 Å². The van der Waals surface area contributed by atoms with E-state index in [1.807, 2.05) is 0 Å². The van der Waals surface area contributed by atoms with Crippen molar-refractivity contribution in [2.24, 2.45) is 0 Å². The van der Waals surface area contributed by atoms with Gasteiger partial charge in [-0.1, -0.05) is 20.8 Å². The Hall–Kier alpha value is -0.563.